The summed E-state index contributed by atoms with van der Waals surface area (Å²) in [5.74, 6) is -3.30. The quantitative estimate of drug-likeness (QED) is 0.329. The number of carbonyl (C=O) groups is 1. The van der Waals surface area contributed by atoms with Gasteiger partial charge < -0.3 is 25.1 Å². The number of benzene rings is 1. The van der Waals surface area contributed by atoms with Crippen molar-refractivity contribution in [1.82, 2.24) is 15.0 Å². The summed E-state index contributed by atoms with van der Waals surface area (Å²) in [6.07, 6.45) is 1.83. The molecule has 3 N–H and O–H groups in total. The van der Waals surface area contributed by atoms with E-state index in [1.165, 1.54) is 11.3 Å². The van der Waals surface area contributed by atoms with Crippen molar-refractivity contribution in [1.29, 1.82) is 0 Å². The number of hydrogen-bond acceptors (Lipinski definition) is 9. The smallest absolute Gasteiger partial charge is 0.295 e. The highest BCUT2D eigenvalue weighted by molar-refractivity contribution is 7.13. The van der Waals surface area contributed by atoms with Crippen LogP contribution in [0.3, 0.4) is 0 Å². The minimum atomic E-state index is -2.83. The largest absolute Gasteiger partial charge is 0.423 e. The third-order valence-electron chi connectivity index (χ3n) is 5.76. The molecule has 9 nitrogen and oxygen atoms in total. The molecule has 1 aliphatic rings. The molecule has 0 bridgehead atoms. The van der Waals surface area contributed by atoms with Crippen LogP contribution in [0.2, 0.25) is 0 Å². The summed E-state index contributed by atoms with van der Waals surface area (Å²) in [6.45, 7) is 1.96. The molecule has 4 heterocycles. The van der Waals surface area contributed by atoms with Crippen LogP contribution in [0.25, 0.3) is 21.7 Å². The maximum atomic E-state index is 14.2. The van der Waals surface area contributed by atoms with Gasteiger partial charge in [0.2, 0.25) is 0 Å². The standard InChI is InChI=1S/C24H24F2N6O3S/c1-14-9-15(3-5-27-14)22-30-18(12-36-22)21(34)29-16-11-20-17(31-23(35-20)28-6-8-33)10-19(16)32-7-2-4-24(25,26)13-32/h3,5,9-12,33H,2,4,6-8,13H2,1H3,(H,28,31)(H,29,34). The highest BCUT2D eigenvalue weighted by atomic mass is 32.1. The van der Waals surface area contributed by atoms with E-state index in [0.29, 0.717) is 40.4 Å². The second-order valence-corrected chi connectivity index (χ2v) is 9.42. The molecular formula is C24H24F2N6O3S. The average molecular weight is 515 g/mol. The minimum absolute atomic E-state index is 0.108. The van der Waals surface area contributed by atoms with Gasteiger partial charge in [0.05, 0.1) is 24.5 Å². The minimum Gasteiger partial charge on any atom is -0.423 e. The number of nitrogens with zero attached hydrogens (tertiary/aromatic N) is 4. The number of piperidine rings is 1. The number of alkyl halides is 2. The van der Waals surface area contributed by atoms with Gasteiger partial charge >= 0.3 is 0 Å². The zero-order valence-corrected chi connectivity index (χ0v) is 20.2. The third kappa shape index (κ3) is 5.14. The van der Waals surface area contributed by atoms with E-state index >= 15 is 0 Å². The Hall–Kier alpha value is -3.64. The van der Waals surface area contributed by atoms with E-state index in [2.05, 4.69) is 25.6 Å². The Kier molecular flexibility index (Phi) is 6.54. The number of carbonyl (C=O) groups excluding carboxylic acids is 1. The predicted molar refractivity (Wildman–Crippen MR) is 134 cm³/mol. The summed E-state index contributed by atoms with van der Waals surface area (Å²) in [4.78, 5) is 27.7. The Morgan fingerprint density at radius 1 is 1.31 bits per heavy atom. The van der Waals surface area contributed by atoms with E-state index in [4.69, 9.17) is 9.52 Å². The number of aromatic nitrogens is 3. The Balaban J connectivity index is 1.47. The van der Waals surface area contributed by atoms with Gasteiger partial charge in [0.25, 0.3) is 17.8 Å². The van der Waals surface area contributed by atoms with Gasteiger partial charge in [-0.2, -0.15) is 4.98 Å². The number of pyridine rings is 1. The summed E-state index contributed by atoms with van der Waals surface area (Å²) in [7, 11) is 0. The van der Waals surface area contributed by atoms with Gasteiger partial charge in [-0.15, -0.1) is 11.3 Å². The second-order valence-electron chi connectivity index (χ2n) is 8.57. The Bertz CT molecular complexity index is 1410. The van der Waals surface area contributed by atoms with Crippen LogP contribution >= 0.6 is 11.3 Å². The van der Waals surface area contributed by atoms with Crippen molar-refractivity contribution in [2.75, 3.05) is 41.8 Å². The molecule has 1 amide bonds. The van der Waals surface area contributed by atoms with E-state index in [1.54, 1.807) is 28.6 Å². The number of oxazole rings is 1. The lowest BCUT2D eigenvalue weighted by Gasteiger charge is -2.35. The second kappa shape index (κ2) is 9.78. The van der Waals surface area contributed by atoms with E-state index in [-0.39, 0.29) is 31.3 Å². The highest BCUT2D eigenvalue weighted by Crippen LogP contribution is 2.37. The van der Waals surface area contributed by atoms with E-state index < -0.39 is 18.4 Å². The van der Waals surface area contributed by atoms with Crippen LogP contribution in [-0.4, -0.2) is 58.1 Å². The maximum absolute atomic E-state index is 14.2. The SMILES string of the molecule is Cc1cc(-c2nc(C(=O)Nc3cc4oc(NCCO)nc4cc3N3CCCC(F)(F)C3)cs2)ccn1. The van der Waals surface area contributed by atoms with Gasteiger partial charge in [0.15, 0.2) is 5.58 Å². The topological polar surface area (TPSA) is 116 Å². The molecule has 188 valence electrons. The van der Waals surface area contributed by atoms with Crippen LogP contribution in [0.5, 0.6) is 0 Å². The number of halogens is 2. The van der Waals surface area contributed by atoms with Crippen molar-refractivity contribution in [3.8, 4) is 10.6 Å². The monoisotopic (exact) mass is 514 g/mol. The lowest BCUT2D eigenvalue weighted by atomic mass is 10.1. The zero-order valence-electron chi connectivity index (χ0n) is 19.4. The van der Waals surface area contributed by atoms with Crippen LogP contribution < -0.4 is 15.5 Å². The Labute approximate surface area is 209 Å². The molecule has 4 aromatic rings. The lowest BCUT2D eigenvalue weighted by Crippen LogP contribution is -2.43. The van der Waals surface area contributed by atoms with Crippen LogP contribution in [0.1, 0.15) is 29.0 Å². The van der Waals surface area contributed by atoms with Crippen molar-refractivity contribution in [2.24, 2.45) is 0 Å². The number of nitrogens with one attached hydrogen (secondary N) is 2. The molecule has 3 aromatic heterocycles. The molecule has 5 rings (SSSR count). The van der Waals surface area contributed by atoms with Crippen molar-refractivity contribution in [2.45, 2.75) is 25.7 Å². The Morgan fingerprint density at radius 3 is 2.94 bits per heavy atom. The van der Waals surface area contributed by atoms with Gasteiger partial charge in [-0.1, -0.05) is 0 Å². The van der Waals surface area contributed by atoms with Crippen LogP contribution in [0.15, 0.2) is 40.3 Å². The molecule has 36 heavy (non-hydrogen) atoms. The van der Waals surface area contributed by atoms with Crippen LogP contribution in [-0.2, 0) is 0 Å². The lowest BCUT2D eigenvalue weighted by molar-refractivity contribution is -0.0116. The summed E-state index contributed by atoms with van der Waals surface area (Å²) in [5, 5.41) is 17.0. The molecule has 1 fully saturated rings. The van der Waals surface area contributed by atoms with Crippen molar-refractivity contribution >= 4 is 45.7 Å². The first-order chi connectivity index (χ1) is 17.3. The molecule has 0 spiro atoms. The fraction of sp³-hybridized carbons (Fsp3) is 0.333. The number of amides is 1. The first kappa shape index (κ1) is 24.1. The van der Waals surface area contributed by atoms with E-state index in [1.807, 2.05) is 19.1 Å². The first-order valence-corrected chi connectivity index (χ1v) is 12.3. The van der Waals surface area contributed by atoms with Gasteiger partial charge in [-0.3, -0.25) is 9.78 Å². The molecule has 0 atom stereocenters. The van der Waals surface area contributed by atoms with Crippen LogP contribution in [0, 0.1) is 6.92 Å². The Morgan fingerprint density at radius 2 is 2.17 bits per heavy atom. The molecule has 1 aliphatic heterocycles. The van der Waals surface area contributed by atoms with E-state index in [9.17, 15) is 13.6 Å². The molecule has 1 saturated heterocycles. The van der Waals surface area contributed by atoms with Crippen molar-refractivity contribution in [3.05, 3.63) is 47.2 Å². The number of thiazole rings is 1. The van der Waals surface area contributed by atoms with Gasteiger partial charge in [-0.05, 0) is 31.5 Å². The highest BCUT2D eigenvalue weighted by Gasteiger charge is 2.36. The normalized spacial score (nSPS) is 15.3. The fourth-order valence-electron chi connectivity index (χ4n) is 4.11. The number of aliphatic hydroxyl groups is 1. The summed E-state index contributed by atoms with van der Waals surface area (Å²) < 4.78 is 34.2. The van der Waals surface area contributed by atoms with E-state index in [0.717, 1.165) is 11.3 Å². The maximum Gasteiger partial charge on any atom is 0.295 e. The first-order valence-electron chi connectivity index (χ1n) is 11.4. The molecule has 0 radical (unpaired) electrons. The van der Waals surface area contributed by atoms with Gasteiger partial charge in [0.1, 0.15) is 16.2 Å². The number of hydrogen-bond donors (Lipinski definition) is 3. The summed E-state index contributed by atoms with van der Waals surface area (Å²) in [5.41, 5.74) is 3.47. The van der Waals surface area contributed by atoms with Crippen molar-refractivity contribution in [3.63, 3.8) is 0 Å². The number of aryl methyl sites for hydroxylation is 1. The third-order valence-corrected chi connectivity index (χ3v) is 6.65. The number of fused-ring (bicyclic) bond motifs is 1. The molecule has 1 aromatic carbocycles. The molecule has 0 aliphatic carbocycles. The fourth-order valence-corrected chi connectivity index (χ4v) is 4.91. The summed E-state index contributed by atoms with van der Waals surface area (Å²) in [6, 6.07) is 7.10. The van der Waals surface area contributed by atoms with Crippen LogP contribution in [0.4, 0.5) is 26.2 Å². The summed E-state index contributed by atoms with van der Waals surface area (Å²) >= 11 is 1.33. The average Bonchev–Trinajstić information content (AvgIpc) is 3.49. The molecular weight excluding hydrogens is 490 g/mol. The van der Waals surface area contributed by atoms with Crippen molar-refractivity contribution < 1.29 is 23.1 Å². The predicted octanol–water partition coefficient (Wildman–Crippen LogP) is 4.55. The zero-order chi connectivity index (χ0) is 25.3. The number of rotatable bonds is 7. The number of aliphatic hydroxyl groups excluding tert-OH is 1. The number of anilines is 3. The molecule has 12 heteroatoms. The molecule has 0 saturated carbocycles. The molecule has 0 unspecified atom stereocenters. The van der Waals surface area contributed by atoms with Gasteiger partial charge in [0, 0.05) is 48.4 Å². The van der Waals surface area contributed by atoms with Gasteiger partial charge in [-0.25, -0.2) is 13.8 Å².